The molecule has 0 amide bonds. The molecule has 1 aromatic carbocycles. The zero-order valence-electron chi connectivity index (χ0n) is 9.63. The number of ketones is 1. The summed E-state index contributed by atoms with van der Waals surface area (Å²) in [6, 6.07) is 10.5. The van der Waals surface area contributed by atoms with E-state index in [9.17, 15) is 4.79 Å². The van der Waals surface area contributed by atoms with Crippen LogP contribution in [0.15, 0.2) is 48.8 Å². The minimum atomic E-state index is -0.625. The maximum atomic E-state index is 12.1. The number of pyridine rings is 1. The Morgan fingerprint density at radius 1 is 1.24 bits per heavy atom. The highest BCUT2D eigenvalue weighted by atomic mass is 16.1. The topological polar surface area (TPSA) is 56.0 Å². The first kappa shape index (κ1) is 11.5. The number of hydrogen-bond donors (Lipinski definition) is 1. The Labute approximate surface area is 100 Å². The number of carbonyl (C=O) groups excluding carboxylic acids is 1. The van der Waals surface area contributed by atoms with E-state index in [4.69, 9.17) is 5.73 Å². The van der Waals surface area contributed by atoms with Gasteiger partial charge in [-0.3, -0.25) is 9.78 Å². The third kappa shape index (κ3) is 2.57. The highest BCUT2D eigenvalue weighted by molar-refractivity contribution is 6.00. The number of nitrogens with zero attached hydrogens (tertiary/aromatic N) is 1. The summed E-state index contributed by atoms with van der Waals surface area (Å²) in [5.74, 6) is -0.104. The van der Waals surface area contributed by atoms with Crippen LogP contribution in [0.1, 0.15) is 27.5 Å². The first-order valence-electron chi connectivity index (χ1n) is 5.45. The molecule has 1 heterocycles. The van der Waals surface area contributed by atoms with Crippen LogP contribution in [0.4, 0.5) is 0 Å². The highest BCUT2D eigenvalue weighted by Crippen LogP contribution is 2.15. The van der Waals surface area contributed by atoms with Gasteiger partial charge in [0.1, 0.15) is 0 Å². The lowest BCUT2D eigenvalue weighted by Crippen LogP contribution is -2.21. The van der Waals surface area contributed by atoms with Crippen molar-refractivity contribution in [2.75, 3.05) is 0 Å². The molecule has 3 nitrogen and oxygen atoms in total. The molecule has 0 aliphatic rings. The van der Waals surface area contributed by atoms with Crippen molar-refractivity contribution in [3.8, 4) is 0 Å². The van der Waals surface area contributed by atoms with Crippen LogP contribution in [-0.4, -0.2) is 10.8 Å². The van der Waals surface area contributed by atoms with E-state index in [2.05, 4.69) is 4.98 Å². The highest BCUT2D eigenvalue weighted by Gasteiger charge is 2.17. The average Bonchev–Trinajstić information content (AvgIpc) is 2.38. The Hall–Kier alpha value is -2.00. The first-order chi connectivity index (χ1) is 8.18. The molecule has 2 aromatic rings. The van der Waals surface area contributed by atoms with Crippen molar-refractivity contribution in [2.45, 2.75) is 13.0 Å². The van der Waals surface area contributed by atoms with E-state index in [0.29, 0.717) is 5.56 Å². The SMILES string of the molecule is Cc1cncc(C(=O)[C@H](N)c2ccccc2)c1. The molecule has 0 spiro atoms. The fraction of sp³-hybridized carbons (Fsp3) is 0.143. The Kier molecular flexibility index (Phi) is 3.30. The van der Waals surface area contributed by atoms with Crippen molar-refractivity contribution < 1.29 is 4.79 Å². The number of hydrogen-bond acceptors (Lipinski definition) is 3. The molecule has 0 unspecified atom stereocenters. The second-order valence-corrected chi connectivity index (χ2v) is 4.00. The van der Waals surface area contributed by atoms with Gasteiger partial charge in [-0.05, 0) is 24.1 Å². The van der Waals surface area contributed by atoms with Crippen LogP contribution in [0.5, 0.6) is 0 Å². The monoisotopic (exact) mass is 226 g/mol. The largest absolute Gasteiger partial charge is 0.318 e. The van der Waals surface area contributed by atoms with Crippen molar-refractivity contribution in [1.82, 2.24) is 4.98 Å². The molecular formula is C14H14N2O. The molecule has 0 fully saturated rings. The molecule has 17 heavy (non-hydrogen) atoms. The number of Topliss-reactive ketones (excluding diaryl/α,β-unsaturated/α-hetero) is 1. The first-order valence-corrected chi connectivity index (χ1v) is 5.45. The van der Waals surface area contributed by atoms with Crippen molar-refractivity contribution >= 4 is 5.78 Å². The molecule has 0 aliphatic carbocycles. The summed E-state index contributed by atoms with van der Waals surface area (Å²) in [6.45, 7) is 1.90. The van der Waals surface area contributed by atoms with Crippen LogP contribution in [0.2, 0.25) is 0 Å². The summed E-state index contributed by atoms with van der Waals surface area (Å²) < 4.78 is 0. The minimum Gasteiger partial charge on any atom is -0.318 e. The van der Waals surface area contributed by atoms with Crippen molar-refractivity contribution in [2.24, 2.45) is 5.73 Å². The van der Waals surface area contributed by atoms with E-state index in [0.717, 1.165) is 11.1 Å². The van der Waals surface area contributed by atoms with E-state index < -0.39 is 6.04 Å². The smallest absolute Gasteiger partial charge is 0.185 e. The third-order valence-electron chi connectivity index (χ3n) is 2.60. The van der Waals surface area contributed by atoms with E-state index in [-0.39, 0.29) is 5.78 Å². The summed E-state index contributed by atoms with van der Waals surface area (Å²) in [7, 11) is 0. The van der Waals surface area contributed by atoms with Gasteiger partial charge in [0.05, 0.1) is 6.04 Å². The third-order valence-corrected chi connectivity index (χ3v) is 2.60. The summed E-state index contributed by atoms with van der Waals surface area (Å²) in [5, 5.41) is 0. The van der Waals surface area contributed by atoms with Gasteiger partial charge in [0.25, 0.3) is 0 Å². The summed E-state index contributed by atoms with van der Waals surface area (Å²) in [6.07, 6.45) is 3.27. The quantitative estimate of drug-likeness (QED) is 0.817. The van der Waals surface area contributed by atoms with Crippen LogP contribution in [-0.2, 0) is 0 Å². The number of aromatic nitrogens is 1. The van der Waals surface area contributed by atoms with Crippen LogP contribution in [0, 0.1) is 6.92 Å². The maximum Gasteiger partial charge on any atom is 0.185 e. The second-order valence-electron chi connectivity index (χ2n) is 4.00. The maximum absolute atomic E-state index is 12.1. The zero-order valence-corrected chi connectivity index (χ0v) is 9.63. The molecule has 0 aliphatic heterocycles. The van der Waals surface area contributed by atoms with Gasteiger partial charge in [-0.15, -0.1) is 0 Å². The number of aryl methyl sites for hydroxylation is 1. The zero-order chi connectivity index (χ0) is 12.3. The average molecular weight is 226 g/mol. The van der Waals surface area contributed by atoms with E-state index in [1.165, 1.54) is 0 Å². The molecule has 0 radical (unpaired) electrons. The van der Waals surface area contributed by atoms with Gasteiger partial charge < -0.3 is 5.73 Å². The molecule has 86 valence electrons. The molecule has 0 bridgehead atoms. The van der Waals surface area contributed by atoms with Crippen LogP contribution >= 0.6 is 0 Å². The number of rotatable bonds is 3. The van der Waals surface area contributed by atoms with Crippen molar-refractivity contribution in [3.63, 3.8) is 0 Å². The number of benzene rings is 1. The minimum absolute atomic E-state index is 0.104. The van der Waals surface area contributed by atoms with E-state index in [1.807, 2.05) is 37.3 Å². The molecule has 1 atom stereocenters. The summed E-state index contributed by atoms with van der Waals surface area (Å²) in [5.41, 5.74) is 8.27. The Bertz CT molecular complexity index is 523. The van der Waals surface area contributed by atoms with Crippen LogP contribution in [0.25, 0.3) is 0 Å². The van der Waals surface area contributed by atoms with Crippen molar-refractivity contribution in [3.05, 3.63) is 65.5 Å². The number of carbonyl (C=O) groups is 1. The Balaban J connectivity index is 2.27. The molecule has 3 heteroatoms. The molecule has 2 rings (SSSR count). The van der Waals surface area contributed by atoms with Gasteiger partial charge in [-0.1, -0.05) is 30.3 Å². The fourth-order valence-corrected chi connectivity index (χ4v) is 1.68. The lowest BCUT2D eigenvalue weighted by atomic mass is 9.99. The predicted molar refractivity (Wildman–Crippen MR) is 66.7 cm³/mol. The van der Waals surface area contributed by atoms with E-state index >= 15 is 0 Å². The second kappa shape index (κ2) is 4.89. The van der Waals surface area contributed by atoms with Gasteiger partial charge in [0.2, 0.25) is 0 Å². The normalized spacial score (nSPS) is 12.1. The number of nitrogens with two attached hydrogens (primary N) is 1. The van der Waals surface area contributed by atoms with E-state index in [1.54, 1.807) is 18.5 Å². The van der Waals surface area contributed by atoms with Gasteiger partial charge in [-0.2, -0.15) is 0 Å². The Morgan fingerprint density at radius 2 is 1.94 bits per heavy atom. The predicted octanol–water partition coefficient (Wildman–Crippen LogP) is 2.27. The molecule has 2 N–H and O–H groups in total. The lowest BCUT2D eigenvalue weighted by Gasteiger charge is -2.10. The summed E-state index contributed by atoms with van der Waals surface area (Å²) >= 11 is 0. The fourth-order valence-electron chi connectivity index (χ4n) is 1.68. The van der Waals surface area contributed by atoms with Gasteiger partial charge in [0.15, 0.2) is 5.78 Å². The van der Waals surface area contributed by atoms with Gasteiger partial charge >= 0.3 is 0 Å². The molecule has 1 aromatic heterocycles. The lowest BCUT2D eigenvalue weighted by molar-refractivity contribution is 0.0961. The van der Waals surface area contributed by atoms with Crippen molar-refractivity contribution in [1.29, 1.82) is 0 Å². The summed E-state index contributed by atoms with van der Waals surface area (Å²) in [4.78, 5) is 16.1. The van der Waals surface area contributed by atoms with Crippen LogP contribution in [0.3, 0.4) is 0 Å². The standard InChI is InChI=1S/C14H14N2O/c1-10-7-12(9-16-8-10)14(17)13(15)11-5-3-2-4-6-11/h2-9,13H,15H2,1H3/t13-/m1/s1. The van der Waals surface area contributed by atoms with Gasteiger partial charge in [0, 0.05) is 18.0 Å². The molecular weight excluding hydrogens is 212 g/mol. The van der Waals surface area contributed by atoms with Crippen LogP contribution < -0.4 is 5.73 Å². The Morgan fingerprint density at radius 3 is 2.59 bits per heavy atom. The van der Waals surface area contributed by atoms with Gasteiger partial charge in [-0.25, -0.2) is 0 Å². The molecule has 0 saturated heterocycles. The molecule has 0 saturated carbocycles.